The predicted molar refractivity (Wildman–Crippen MR) is 100 cm³/mol. The van der Waals surface area contributed by atoms with Crippen LogP contribution >= 0.6 is 23.2 Å². The molecule has 0 unspecified atom stereocenters. The molecule has 2 aromatic rings. The summed E-state index contributed by atoms with van der Waals surface area (Å²) in [4.78, 5) is 16.2. The molecule has 0 spiro atoms. The molecular formula is C19H20Cl2FNO3. The first-order valence-electron chi connectivity index (χ1n) is 8.03. The molecule has 140 valence electrons. The topological polar surface area (TPSA) is 58.6 Å². The first-order chi connectivity index (χ1) is 12.2. The van der Waals surface area contributed by atoms with Gasteiger partial charge in [0.25, 0.3) is 0 Å². The molecule has 1 amide bonds. The minimum Gasteiger partial charge on any atom is -0.508 e. The maximum absolute atomic E-state index is 14.8. The van der Waals surface area contributed by atoms with Crippen molar-refractivity contribution in [3.63, 3.8) is 0 Å². The van der Waals surface area contributed by atoms with E-state index in [1.165, 1.54) is 19.2 Å². The lowest BCUT2D eigenvalue weighted by molar-refractivity contribution is -0.130. The van der Waals surface area contributed by atoms with E-state index in [2.05, 4.69) is 10.3 Å². The molecule has 0 atom stereocenters. The molecule has 0 saturated heterocycles. The van der Waals surface area contributed by atoms with Crippen molar-refractivity contribution in [2.24, 2.45) is 0 Å². The summed E-state index contributed by atoms with van der Waals surface area (Å²) >= 11 is 12.6. The number of aromatic hydroxyl groups is 1. The lowest BCUT2D eigenvalue weighted by Gasteiger charge is -2.15. The van der Waals surface area contributed by atoms with E-state index in [9.17, 15) is 14.3 Å². The van der Waals surface area contributed by atoms with Crippen molar-refractivity contribution in [1.29, 1.82) is 0 Å². The Bertz CT molecular complexity index is 802. The van der Waals surface area contributed by atoms with Crippen molar-refractivity contribution >= 4 is 29.1 Å². The van der Waals surface area contributed by atoms with Gasteiger partial charge in [0.15, 0.2) is 0 Å². The summed E-state index contributed by atoms with van der Waals surface area (Å²) in [6.07, 6.45) is 0.229. The quantitative estimate of drug-likeness (QED) is 0.687. The number of phenols is 1. The van der Waals surface area contributed by atoms with Gasteiger partial charge in [0.1, 0.15) is 11.6 Å². The maximum atomic E-state index is 14.8. The SMILES string of the molecule is CONC(=O)Cc1cc(Cl)c(Cc2ccc(O)c(C(C)C)c2F)c(Cl)c1. The van der Waals surface area contributed by atoms with Gasteiger partial charge >= 0.3 is 0 Å². The van der Waals surface area contributed by atoms with Gasteiger partial charge in [0, 0.05) is 22.0 Å². The molecule has 0 heterocycles. The number of halogens is 3. The van der Waals surface area contributed by atoms with Crippen LogP contribution in [0.15, 0.2) is 24.3 Å². The fraction of sp³-hybridized carbons (Fsp3) is 0.316. The number of nitrogens with one attached hydrogen (secondary N) is 1. The molecule has 0 aliphatic carbocycles. The van der Waals surface area contributed by atoms with Gasteiger partial charge in [-0.05, 0) is 40.8 Å². The van der Waals surface area contributed by atoms with E-state index in [-0.39, 0.29) is 36.0 Å². The predicted octanol–water partition coefficient (Wildman–Crippen LogP) is 4.77. The number of benzene rings is 2. The number of carbonyl (C=O) groups is 1. The number of hydroxylamine groups is 1. The Morgan fingerprint density at radius 3 is 2.42 bits per heavy atom. The highest BCUT2D eigenvalue weighted by Gasteiger charge is 2.18. The van der Waals surface area contributed by atoms with Gasteiger partial charge in [-0.3, -0.25) is 9.63 Å². The van der Waals surface area contributed by atoms with Gasteiger partial charge in [-0.1, -0.05) is 43.1 Å². The molecule has 4 nitrogen and oxygen atoms in total. The Morgan fingerprint density at radius 1 is 1.27 bits per heavy atom. The van der Waals surface area contributed by atoms with Gasteiger partial charge in [0.05, 0.1) is 13.5 Å². The van der Waals surface area contributed by atoms with Crippen LogP contribution in [0.25, 0.3) is 0 Å². The highest BCUT2D eigenvalue weighted by atomic mass is 35.5. The molecule has 2 N–H and O–H groups in total. The van der Waals surface area contributed by atoms with Crippen LogP contribution in [0.5, 0.6) is 5.75 Å². The van der Waals surface area contributed by atoms with Crippen LogP contribution in [-0.4, -0.2) is 18.1 Å². The van der Waals surface area contributed by atoms with Crippen molar-refractivity contribution in [2.75, 3.05) is 7.11 Å². The first-order valence-corrected chi connectivity index (χ1v) is 8.79. The van der Waals surface area contributed by atoms with Gasteiger partial charge in [-0.2, -0.15) is 0 Å². The monoisotopic (exact) mass is 399 g/mol. The number of amides is 1. The molecule has 26 heavy (non-hydrogen) atoms. The van der Waals surface area contributed by atoms with Crippen LogP contribution in [0.3, 0.4) is 0 Å². The van der Waals surface area contributed by atoms with E-state index in [0.29, 0.717) is 26.7 Å². The Kier molecular flexibility index (Phi) is 6.87. The number of rotatable bonds is 6. The molecule has 0 radical (unpaired) electrons. The van der Waals surface area contributed by atoms with Crippen LogP contribution in [0.4, 0.5) is 4.39 Å². The Morgan fingerprint density at radius 2 is 1.88 bits per heavy atom. The second-order valence-electron chi connectivity index (χ2n) is 6.25. The Labute approximate surface area is 161 Å². The highest BCUT2D eigenvalue weighted by molar-refractivity contribution is 6.36. The van der Waals surface area contributed by atoms with E-state index >= 15 is 0 Å². The maximum Gasteiger partial charge on any atom is 0.247 e. The number of hydrogen-bond donors (Lipinski definition) is 2. The van der Waals surface area contributed by atoms with Crippen molar-refractivity contribution < 1.29 is 19.1 Å². The summed E-state index contributed by atoms with van der Waals surface area (Å²) in [6, 6.07) is 6.24. The molecule has 0 fully saturated rings. The van der Waals surface area contributed by atoms with Crippen LogP contribution in [0.1, 0.15) is 42.0 Å². The Hall–Kier alpha value is -1.82. The standard InChI is InChI=1S/C19H20Cl2FNO3/c1-10(2)18-16(24)5-4-12(19(18)22)9-13-14(20)6-11(7-15(13)21)8-17(25)23-26-3/h4-7,10,24H,8-9H2,1-3H3,(H,23,25). The summed E-state index contributed by atoms with van der Waals surface area (Å²) in [5.41, 5.74) is 4.05. The molecule has 0 bridgehead atoms. The minimum atomic E-state index is -0.462. The molecule has 0 aliphatic heterocycles. The van der Waals surface area contributed by atoms with E-state index < -0.39 is 5.82 Å². The smallest absolute Gasteiger partial charge is 0.247 e. The molecule has 2 rings (SSSR count). The summed E-state index contributed by atoms with van der Waals surface area (Å²) in [6.45, 7) is 3.61. The zero-order valence-electron chi connectivity index (χ0n) is 14.7. The van der Waals surface area contributed by atoms with E-state index in [0.717, 1.165) is 0 Å². The van der Waals surface area contributed by atoms with Gasteiger partial charge in [-0.15, -0.1) is 0 Å². The zero-order valence-corrected chi connectivity index (χ0v) is 16.2. The molecule has 7 heteroatoms. The fourth-order valence-electron chi connectivity index (χ4n) is 2.77. The Balaban J connectivity index is 2.34. The van der Waals surface area contributed by atoms with Gasteiger partial charge < -0.3 is 5.11 Å². The summed E-state index contributed by atoms with van der Waals surface area (Å²) in [7, 11) is 1.35. The van der Waals surface area contributed by atoms with Crippen molar-refractivity contribution in [1.82, 2.24) is 5.48 Å². The average molecular weight is 400 g/mol. The van der Waals surface area contributed by atoms with E-state index in [1.54, 1.807) is 12.1 Å². The summed E-state index contributed by atoms with van der Waals surface area (Å²) < 4.78 is 14.8. The van der Waals surface area contributed by atoms with E-state index in [4.69, 9.17) is 23.2 Å². The normalized spacial score (nSPS) is 11.0. The van der Waals surface area contributed by atoms with Gasteiger partial charge in [0.2, 0.25) is 5.91 Å². The number of carbonyl (C=O) groups excluding carboxylic acids is 1. The van der Waals surface area contributed by atoms with Crippen LogP contribution in [0.2, 0.25) is 10.0 Å². The van der Waals surface area contributed by atoms with Gasteiger partial charge in [-0.25, -0.2) is 9.87 Å². The molecule has 0 aromatic heterocycles. The number of phenolic OH excluding ortho intramolecular Hbond substituents is 1. The lowest BCUT2D eigenvalue weighted by atomic mass is 9.95. The third-order valence-corrected chi connectivity index (χ3v) is 4.64. The number of hydrogen-bond acceptors (Lipinski definition) is 3. The molecule has 0 aliphatic rings. The first kappa shape index (κ1) is 20.5. The van der Waals surface area contributed by atoms with Crippen molar-refractivity contribution in [3.8, 4) is 5.75 Å². The second-order valence-corrected chi connectivity index (χ2v) is 7.06. The van der Waals surface area contributed by atoms with Crippen molar-refractivity contribution in [3.05, 3.63) is 62.4 Å². The summed E-state index contributed by atoms with van der Waals surface area (Å²) in [5, 5.41) is 10.6. The van der Waals surface area contributed by atoms with E-state index in [1.807, 2.05) is 13.8 Å². The second kappa shape index (κ2) is 8.71. The van der Waals surface area contributed by atoms with Crippen molar-refractivity contribution in [2.45, 2.75) is 32.6 Å². The molecular weight excluding hydrogens is 380 g/mol. The van der Waals surface area contributed by atoms with Crippen LogP contribution in [0, 0.1) is 5.82 Å². The molecule has 2 aromatic carbocycles. The third-order valence-electron chi connectivity index (χ3n) is 3.96. The summed E-state index contributed by atoms with van der Waals surface area (Å²) in [5.74, 6) is -1.03. The zero-order chi connectivity index (χ0) is 19.4. The lowest BCUT2D eigenvalue weighted by Crippen LogP contribution is -2.23. The fourth-order valence-corrected chi connectivity index (χ4v) is 3.43. The van der Waals surface area contributed by atoms with Crippen LogP contribution < -0.4 is 5.48 Å². The largest absolute Gasteiger partial charge is 0.508 e. The average Bonchev–Trinajstić information content (AvgIpc) is 2.52. The third kappa shape index (κ3) is 4.67. The molecule has 0 saturated carbocycles. The van der Waals surface area contributed by atoms with Crippen LogP contribution in [-0.2, 0) is 22.5 Å². The highest BCUT2D eigenvalue weighted by Crippen LogP contribution is 2.34. The minimum absolute atomic E-state index is 0.0542.